The van der Waals surface area contributed by atoms with Crippen molar-refractivity contribution in [1.29, 1.82) is 0 Å². The van der Waals surface area contributed by atoms with Crippen molar-refractivity contribution in [1.82, 2.24) is 4.57 Å². The highest BCUT2D eigenvalue weighted by Gasteiger charge is 2.38. The second kappa shape index (κ2) is 8.35. The van der Waals surface area contributed by atoms with Gasteiger partial charge in [-0.15, -0.1) is 0 Å². The first-order chi connectivity index (χ1) is 16.4. The van der Waals surface area contributed by atoms with E-state index < -0.39 is 28.0 Å². The first kappa shape index (κ1) is 21.7. The predicted molar refractivity (Wildman–Crippen MR) is 126 cm³/mol. The summed E-state index contributed by atoms with van der Waals surface area (Å²) in [5, 5.41) is 0.549. The SMILES string of the molecule is COC(=O)c1cn(C(=O)[C@H]2CN(S(=O)(=O)c3ccccc3)c3ccccc3O2)c2ccccc12. The number of ether oxygens (including phenoxy) is 2. The van der Waals surface area contributed by atoms with Crippen molar-refractivity contribution in [3.63, 3.8) is 0 Å². The van der Waals surface area contributed by atoms with Gasteiger partial charge in [0.25, 0.3) is 15.9 Å². The summed E-state index contributed by atoms with van der Waals surface area (Å²) in [5.41, 5.74) is 1.08. The minimum absolute atomic E-state index is 0.109. The van der Waals surface area contributed by atoms with E-state index >= 15 is 0 Å². The molecule has 2 heterocycles. The van der Waals surface area contributed by atoms with Crippen molar-refractivity contribution < 1.29 is 27.5 Å². The molecule has 9 heteroatoms. The average molecular weight is 477 g/mol. The summed E-state index contributed by atoms with van der Waals surface area (Å²) < 4.78 is 40.3. The summed E-state index contributed by atoms with van der Waals surface area (Å²) >= 11 is 0. The molecule has 0 unspecified atom stereocenters. The number of hydrogen-bond acceptors (Lipinski definition) is 6. The van der Waals surface area contributed by atoms with E-state index in [0.29, 0.717) is 16.6 Å². The Hall–Kier alpha value is -4.11. The normalized spacial score (nSPS) is 15.4. The Morgan fingerprint density at radius 1 is 0.941 bits per heavy atom. The van der Waals surface area contributed by atoms with Gasteiger partial charge < -0.3 is 9.47 Å². The summed E-state index contributed by atoms with van der Waals surface area (Å²) in [6.45, 7) is -0.229. The number of esters is 1. The molecule has 1 aromatic heterocycles. The largest absolute Gasteiger partial charge is 0.476 e. The Balaban J connectivity index is 1.59. The highest BCUT2D eigenvalue weighted by atomic mass is 32.2. The number of hydrogen-bond donors (Lipinski definition) is 0. The molecule has 5 rings (SSSR count). The van der Waals surface area contributed by atoms with Crippen LogP contribution in [-0.4, -0.2) is 44.6 Å². The molecule has 8 nitrogen and oxygen atoms in total. The van der Waals surface area contributed by atoms with Gasteiger partial charge >= 0.3 is 5.97 Å². The van der Waals surface area contributed by atoms with Gasteiger partial charge in [-0.2, -0.15) is 0 Å². The maximum atomic E-state index is 13.6. The van der Waals surface area contributed by atoms with Gasteiger partial charge in [-0.1, -0.05) is 48.5 Å². The Morgan fingerprint density at radius 2 is 1.62 bits per heavy atom. The smallest absolute Gasteiger partial charge is 0.340 e. The van der Waals surface area contributed by atoms with Crippen LogP contribution in [0.2, 0.25) is 0 Å². The molecular formula is C25H20N2O6S. The van der Waals surface area contributed by atoms with Gasteiger partial charge in [0.2, 0.25) is 0 Å². The van der Waals surface area contributed by atoms with Crippen LogP contribution in [0.25, 0.3) is 10.9 Å². The number of aromatic nitrogens is 1. The number of carbonyl (C=O) groups excluding carboxylic acids is 2. The van der Waals surface area contributed by atoms with Crippen LogP contribution in [0.3, 0.4) is 0 Å². The van der Waals surface area contributed by atoms with Crippen molar-refractivity contribution in [2.75, 3.05) is 18.0 Å². The molecule has 0 amide bonds. The van der Waals surface area contributed by atoms with E-state index in [1.54, 1.807) is 66.7 Å². The predicted octanol–water partition coefficient (Wildman–Crippen LogP) is 3.72. The quantitative estimate of drug-likeness (QED) is 0.417. The summed E-state index contributed by atoms with van der Waals surface area (Å²) in [4.78, 5) is 26.0. The lowest BCUT2D eigenvalue weighted by Gasteiger charge is -2.34. The monoisotopic (exact) mass is 476 g/mol. The Morgan fingerprint density at radius 3 is 2.38 bits per heavy atom. The zero-order chi connectivity index (χ0) is 23.9. The number of nitrogens with zero attached hydrogens (tertiary/aromatic N) is 2. The lowest BCUT2D eigenvalue weighted by Crippen LogP contribution is -2.48. The fourth-order valence-electron chi connectivity index (χ4n) is 4.07. The maximum Gasteiger partial charge on any atom is 0.340 e. The number of anilines is 1. The average Bonchev–Trinajstić information content (AvgIpc) is 3.27. The number of fused-ring (bicyclic) bond motifs is 2. The standard InChI is InChI=1S/C25H20N2O6S/c1-32-25(29)19-15-26(20-12-6-5-11-18(19)20)24(28)23-16-27(21-13-7-8-14-22(21)33-23)34(30,31)17-9-3-2-4-10-17/h2-15,23H,16H2,1H3/t23-/m1/s1. The number of carbonyl (C=O) groups is 2. The fraction of sp³-hybridized carbons (Fsp3) is 0.120. The molecule has 0 fully saturated rings. The van der Waals surface area contributed by atoms with E-state index in [2.05, 4.69) is 0 Å². The second-order valence-electron chi connectivity index (χ2n) is 7.68. The van der Waals surface area contributed by atoms with E-state index in [1.807, 2.05) is 0 Å². The van der Waals surface area contributed by atoms with Crippen molar-refractivity contribution in [2.45, 2.75) is 11.0 Å². The number of para-hydroxylation sites is 3. The molecule has 4 aromatic rings. The summed E-state index contributed by atoms with van der Waals surface area (Å²) in [5.74, 6) is -0.809. The van der Waals surface area contributed by atoms with Gasteiger partial charge in [-0.3, -0.25) is 13.7 Å². The van der Waals surface area contributed by atoms with E-state index in [0.717, 1.165) is 0 Å². The molecule has 0 saturated carbocycles. The van der Waals surface area contributed by atoms with Crippen molar-refractivity contribution in [2.24, 2.45) is 0 Å². The first-order valence-corrected chi connectivity index (χ1v) is 11.9. The molecule has 34 heavy (non-hydrogen) atoms. The lowest BCUT2D eigenvalue weighted by atomic mass is 10.2. The number of sulfonamides is 1. The minimum atomic E-state index is -3.96. The first-order valence-electron chi connectivity index (χ1n) is 10.5. The Labute approximate surface area is 196 Å². The molecule has 0 bridgehead atoms. The van der Waals surface area contributed by atoms with Crippen LogP contribution >= 0.6 is 0 Å². The third-order valence-electron chi connectivity index (χ3n) is 5.70. The van der Waals surface area contributed by atoms with Crippen LogP contribution in [0.5, 0.6) is 5.75 Å². The zero-order valence-electron chi connectivity index (χ0n) is 18.1. The molecule has 0 N–H and O–H groups in total. The minimum Gasteiger partial charge on any atom is -0.476 e. The summed E-state index contributed by atoms with van der Waals surface area (Å²) in [7, 11) is -2.69. The van der Waals surface area contributed by atoms with Crippen LogP contribution in [0.1, 0.15) is 15.2 Å². The molecule has 0 radical (unpaired) electrons. The van der Waals surface area contributed by atoms with Gasteiger partial charge in [-0.05, 0) is 30.3 Å². The van der Waals surface area contributed by atoms with Gasteiger partial charge in [0, 0.05) is 11.6 Å². The fourth-order valence-corrected chi connectivity index (χ4v) is 5.56. The van der Waals surface area contributed by atoms with E-state index in [4.69, 9.17) is 9.47 Å². The Bertz CT molecular complexity index is 1510. The van der Waals surface area contributed by atoms with Gasteiger partial charge in [0.15, 0.2) is 6.10 Å². The molecule has 0 spiro atoms. The van der Waals surface area contributed by atoms with Gasteiger partial charge in [0.05, 0.1) is 35.3 Å². The Kier molecular flexibility index (Phi) is 5.33. The molecule has 1 aliphatic heterocycles. The highest BCUT2D eigenvalue weighted by Crippen LogP contribution is 2.37. The maximum absolute atomic E-state index is 13.6. The molecule has 172 valence electrons. The molecule has 1 atom stereocenters. The third-order valence-corrected chi connectivity index (χ3v) is 7.49. The zero-order valence-corrected chi connectivity index (χ0v) is 18.9. The molecule has 3 aromatic carbocycles. The van der Waals surface area contributed by atoms with E-state index in [9.17, 15) is 18.0 Å². The van der Waals surface area contributed by atoms with Gasteiger partial charge in [-0.25, -0.2) is 13.2 Å². The highest BCUT2D eigenvalue weighted by molar-refractivity contribution is 7.92. The van der Waals surface area contributed by atoms with Crippen LogP contribution < -0.4 is 9.04 Å². The van der Waals surface area contributed by atoms with Crippen molar-refractivity contribution >= 4 is 38.5 Å². The molecule has 0 aliphatic carbocycles. The van der Waals surface area contributed by atoms with Gasteiger partial charge in [0.1, 0.15) is 5.75 Å². The number of methoxy groups -OCH3 is 1. The molecule has 0 saturated heterocycles. The van der Waals surface area contributed by atoms with Crippen LogP contribution in [0.15, 0.2) is 90.0 Å². The van der Waals surface area contributed by atoms with Crippen LogP contribution in [0.4, 0.5) is 5.69 Å². The summed E-state index contributed by atoms with van der Waals surface area (Å²) in [6, 6.07) is 21.6. The van der Waals surface area contributed by atoms with Crippen molar-refractivity contribution in [3.05, 3.63) is 90.6 Å². The van der Waals surface area contributed by atoms with E-state index in [-0.39, 0.29) is 22.8 Å². The van der Waals surface area contributed by atoms with Crippen LogP contribution in [0, 0.1) is 0 Å². The molecular weight excluding hydrogens is 456 g/mol. The lowest BCUT2D eigenvalue weighted by molar-refractivity contribution is 0.0602. The van der Waals surface area contributed by atoms with E-state index in [1.165, 1.54) is 34.3 Å². The van der Waals surface area contributed by atoms with Crippen LogP contribution in [-0.2, 0) is 14.8 Å². The third kappa shape index (κ3) is 3.50. The second-order valence-corrected chi connectivity index (χ2v) is 9.55. The molecule has 1 aliphatic rings. The van der Waals surface area contributed by atoms with Crippen molar-refractivity contribution in [3.8, 4) is 5.75 Å². The number of rotatable bonds is 4. The number of benzene rings is 3. The summed E-state index contributed by atoms with van der Waals surface area (Å²) in [6.07, 6.45) is 0.258. The topological polar surface area (TPSA) is 94.9 Å².